The highest BCUT2D eigenvalue weighted by atomic mass is 35.6. The Labute approximate surface area is 165 Å². The van der Waals surface area contributed by atoms with Crippen molar-refractivity contribution < 1.29 is 4.79 Å². The Morgan fingerprint density at radius 1 is 1.26 bits per heavy atom. The molecule has 0 aliphatic rings. The number of hydrogen-bond donors (Lipinski definition) is 3. The van der Waals surface area contributed by atoms with Crippen LogP contribution >= 0.6 is 70.2 Å². The summed E-state index contributed by atoms with van der Waals surface area (Å²) >= 11 is 34.7. The van der Waals surface area contributed by atoms with Crippen molar-refractivity contribution in [2.75, 3.05) is 5.32 Å². The van der Waals surface area contributed by atoms with Gasteiger partial charge >= 0.3 is 0 Å². The van der Waals surface area contributed by atoms with E-state index >= 15 is 0 Å². The van der Waals surface area contributed by atoms with Crippen LogP contribution in [0.15, 0.2) is 18.2 Å². The lowest BCUT2D eigenvalue weighted by molar-refractivity contribution is -0.121. The zero-order valence-electron chi connectivity index (χ0n) is 11.9. The summed E-state index contributed by atoms with van der Waals surface area (Å²) in [6.45, 7) is 1.87. The molecule has 0 saturated heterocycles. The SMILES string of the molecule is CCCC(=O)N[C@@H](NC(=S)Nc1cc(Cl)ccc1Cl)C(Cl)(Cl)Cl. The number of amides is 1. The molecule has 0 saturated carbocycles. The molecule has 0 fully saturated rings. The fourth-order valence-electron chi connectivity index (χ4n) is 1.54. The van der Waals surface area contributed by atoms with Gasteiger partial charge in [-0.2, -0.15) is 0 Å². The third-order valence-electron chi connectivity index (χ3n) is 2.56. The fourth-order valence-corrected chi connectivity index (χ4v) is 2.43. The maximum atomic E-state index is 11.7. The van der Waals surface area contributed by atoms with E-state index < -0.39 is 9.96 Å². The van der Waals surface area contributed by atoms with E-state index in [0.29, 0.717) is 28.6 Å². The summed E-state index contributed by atoms with van der Waals surface area (Å²) in [5.41, 5.74) is 0.486. The molecule has 0 heterocycles. The maximum Gasteiger partial charge on any atom is 0.228 e. The van der Waals surface area contributed by atoms with Crippen LogP contribution in [0.5, 0.6) is 0 Å². The average Bonchev–Trinajstić information content (AvgIpc) is 2.41. The van der Waals surface area contributed by atoms with E-state index in [1.807, 2.05) is 6.92 Å². The lowest BCUT2D eigenvalue weighted by Gasteiger charge is -2.27. The molecule has 1 atom stereocenters. The number of benzene rings is 1. The van der Waals surface area contributed by atoms with Crippen LogP contribution in [0.4, 0.5) is 5.69 Å². The molecule has 0 aromatic heterocycles. The number of carbonyl (C=O) groups excluding carboxylic acids is 1. The number of nitrogens with one attached hydrogen (secondary N) is 3. The predicted octanol–water partition coefficient (Wildman–Crippen LogP) is 4.89. The van der Waals surface area contributed by atoms with Gasteiger partial charge < -0.3 is 16.0 Å². The van der Waals surface area contributed by atoms with Crippen molar-refractivity contribution >= 4 is 86.9 Å². The predicted molar refractivity (Wildman–Crippen MR) is 103 cm³/mol. The van der Waals surface area contributed by atoms with Gasteiger partial charge in [0.25, 0.3) is 0 Å². The normalized spacial score (nSPS) is 12.4. The molecule has 0 spiro atoms. The lowest BCUT2D eigenvalue weighted by Crippen LogP contribution is -2.56. The Bertz CT molecular complexity index is 579. The van der Waals surface area contributed by atoms with E-state index in [0.717, 1.165) is 0 Å². The summed E-state index contributed by atoms with van der Waals surface area (Å²) in [5.74, 6) is -0.264. The monoisotopic (exact) mass is 435 g/mol. The van der Waals surface area contributed by atoms with Gasteiger partial charge in [0.05, 0.1) is 10.7 Å². The van der Waals surface area contributed by atoms with Crippen molar-refractivity contribution in [3.8, 4) is 0 Å². The number of carbonyl (C=O) groups is 1. The van der Waals surface area contributed by atoms with Gasteiger partial charge in [0.15, 0.2) is 5.11 Å². The molecule has 3 N–H and O–H groups in total. The number of anilines is 1. The minimum atomic E-state index is -1.80. The van der Waals surface area contributed by atoms with E-state index in [4.69, 9.17) is 70.2 Å². The third-order valence-corrected chi connectivity index (χ3v) is 4.00. The molecule has 1 aromatic rings. The van der Waals surface area contributed by atoms with Crippen LogP contribution in [0.25, 0.3) is 0 Å². The van der Waals surface area contributed by atoms with Crippen molar-refractivity contribution in [2.45, 2.75) is 29.7 Å². The zero-order valence-corrected chi connectivity index (χ0v) is 16.5. The van der Waals surface area contributed by atoms with Crippen LogP contribution in [-0.4, -0.2) is 21.0 Å². The Morgan fingerprint density at radius 3 is 2.48 bits per heavy atom. The lowest BCUT2D eigenvalue weighted by atomic mass is 10.3. The molecular weight excluding hydrogens is 423 g/mol. The van der Waals surface area contributed by atoms with E-state index in [1.54, 1.807) is 18.2 Å². The van der Waals surface area contributed by atoms with Crippen LogP contribution in [0.3, 0.4) is 0 Å². The first-order chi connectivity index (χ1) is 10.6. The topological polar surface area (TPSA) is 53.2 Å². The Hall–Kier alpha value is -0.170. The molecule has 0 radical (unpaired) electrons. The third kappa shape index (κ3) is 7.50. The van der Waals surface area contributed by atoms with Crippen molar-refractivity contribution in [3.05, 3.63) is 28.2 Å². The van der Waals surface area contributed by atoms with Crippen molar-refractivity contribution in [1.82, 2.24) is 10.6 Å². The van der Waals surface area contributed by atoms with Crippen molar-refractivity contribution in [2.24, 2.45) is 0 Å². The Balaban J connectivity index is 2.77. The molecule has 4 nitrogen and oxygen atoms in total. The minimum absolute atomic E-state index is 0.113. The van der Waals surface area contributed by atoms with Crippen molar-refractivity contribution in [3.63, 3.8) is 0 Å². The fraction of sp³-hybridized carbons (Fsp3) is 0.385. The first kappa shape index (κ1) is 20.9. The largest absolute Gasteiger partial charge is 0.339 e. The van der Waals surface area contributed by atoms with Crippen LogP contribution in [0.1, 0.15) is 19.8 Å². The van der Waals surface area contributed by atoms with Crippen LogP contribution in [0, 0.1) is 0 Å². The molecule has 23 heavy (non-hydrogen) atoms. The van der Waals surface area contributed by atoms with Crippen LogP contribution in [-0.2, 0) is 4.79 Å². The Morgan fingerprint density at radius 2 is 1.91 bits per heavy atom. The summed E-state index contributed by atoms with van der Waals surface area (Å²) in [6.07, 6.45) is -0.0390. The molecule has 0 aliphatic heterocycles. The zero-order chi connectivity index (χ0) is 17.6. The summed E-state index contributed by atoms with van der Waals surface area (Å²) in [7, 11) is 0. The molecule has 0 aliphatic carbocycles. The summed E-state index contributed by atoms with van der Waals surface area (Å²) in [4.78, 5) is 11.7. The first-order valence-electron chi connectivity index (χ1n) is 6.52. The average molecular weight is 438 g/mol. The van der Waals surface area contributed by atoms with Gasteiger partial charge in [0.1, 0.15) is 6.17 Å². The van der Waals surface area contributed by atoms with Gasteiger partial charge in [-0.1, -0.05) is 64.9 Å². The second-order valence-corrected chi connectivity index (χ2v) is 8.14. The molecule has 1 aromatic carbocycles. The van der Waals surface area contributed by atoms with Gasteiger partial charge in [0.2, 0.25) is 9.70 Å². The molecular formula is C13H14Cl5N3OS. The van der Waals surface area contributed by atoms with E-state index in [-0.39, 0.29) is 11.0 Å². The van der Waals surface area contributed by atoms with Gasteiger partial charge in [-0.3, -0.25) is 4.79 Å². The summed E-state index contributed by atoms with van der Waals surface area (Å²) < 4.78 is -1.80. The number of rotatable bonds is 5. The quantitative estimate of drug-likeness (QED) is 0.349. The molecule has 1 rings (SSSR count). The van der Waals surface area contributed by atoms with E-state index in [2.05, 4.69) is 16.0 Å². The van der Waals surface area contributed by atoms with E-state index in [1.165, 1.54) is 0 Å². The number of alkyl halides is 3. The number of halogens is 5. The highest BCUT2D eigenvalue weighted by molar-refractivity contribution is 7.80. The standard InChI is InChI=1S/C13H14Cl5N3OS/c1-2-3-10(22)20-11(13(16,17)18)21-12(23)19-9-6-7(14)4-5-8(9)15/h4-6,11H,2-3H2,1H3,(H,20,22)(H2,19,21,23)/t11-/m0/s1. The molecule has 128 valence electrons. The second kappa shape index (κ2) is 9.35. The van der Waals surface area contributed by atoms with Crippen molar-refractivity contribution in [1.29, 1.82) is 0 Å². The van der Waals surface area contributed by atoms with Gasteiger partial charge in [-0.15, -0.1) is 0 Å². The maximum absolute atomic E-state index is 11.7. The first-order valence-corrected chi connectivity index (χ1v) is 8.82. The van der Waals surface area contributed by atoms with Crippen LogP contribution < -0.4 is 16.0 Å². The Kier molecular flexibility index (Phi) is 8.48. The van der Waals surface area contributed by atoms with E-state index in [9.17, 15) is 4.79 Å². The van der Waals surface area contributed by atoms with Gasteiger partial charge in [-0.25, -0.2) is 0 Å². The smallest absolute Gasteiger partial charge is 0.228 e. The highest BCUT2D eigenvalue weighted by Crippen LogP contribution is 2.30. The van der Waals surface area contributed by atoms with Gasteiger partial charge in [0, 0.05) is 11.4 Å². The summed E-state index contributed by atoms with van der Waals surface area (Å²) in [6, 6.07) is 4.85. The number of thiocarbonyl (C=S) groups is 1. The molecule has 1 amide bonds. The highest BCUT2D eigenvalue weighted by Gasteiger charge is 2.34. The molecule has 10 heteroatoms. The molecule has 0 unspecified atom stereocenters. The van der Waals surface area contributed by atoms with Gasteiger partial charge in [-0.05, 0) is 36.8 Å². The minimum Gasteiger partial charge on any atom is -0.339 e. The number of hydrogen-bond acceptors (Lipinski definition) is 2. The molecule has 0 bridgehead atoms. The van der Waals surface area contributed by atoms with Crippen LogP contribution in [0.2, 0.25) is 10.0 Å². The summed E-state index contributed by atoms with van der Waals surface area (Å²) in [5, 5.41) is 9.15. The second-order valence-electron chi connectivity index (χ2n) is 4.51.